The van der Waals surface area contributed by atoms with Crippen LogP contribution in [0.25, 0.3) is 0 Å². The Hall–Kier alpha value is -3.74. The van der Waals surface area contributed by atoms with E-state index in [9.17, 15) is 9.59 Å². The van der Waals surface area contributed by atoms with Gasteiger partial charge in [-0.25, -0.2) is 4.99 Å². The predicted molar refractivity (Wildman–Crippen MR) is 116 cm³/mol. The Morgan fingerprint density at radius 3 is 2.57 bits per heavy atom. The van der Waals surface area contributed by atoms with Gasteiger partial charge >= 0.3 is 0 Å². The summed E-state index contributed by atoms with van der Waals surface area (Å²) in [7, 11) is 0. The molecule has 1 unspecified atom stereocenters. The summed E-state index contributed by atoms with van der Waals surface area (Å²) in [6.07, 6.45) is 0.624. The van der Waals surface area contributed by atoms with E-state index in [4.69, 9.17) is 10.3 Å². The molecule has 7 heteroatoms. The molecule has 0 aliphatic heterocycles. The van der Waals surface area contributed by atoms with E-state index in [0.717, 1.165) is 11.3 Å². The van der Waals surface area contributed by atoms with Crippen LogP contribution in [-0.4, -0.2) is 29.2 Å². The molecule has 3 aromatic rings. The molecular weight excluding hydrogens is 380 g/mol. The third kappa shape index (κ3) is 5.64. The number of ketones is 2. The van der Waals surface area contributed by atoms with Crippen molar-refractivity contribution in [1.29, 1.82) is 0 Å². The molecule has 0 amide bonds. The van der Waals surface area contributed by atoms with E-state index in [1.807, 2.05) is 54.6 Å². The van der Waals surface area contributed by atoms with Gasteiger partial charge in [0.2, 0.25) is 5.88 Å². The summed E-state index contributed by atoms with van der Waals surface area (Å²) >= 11 is 0. The largest absolute Gasteiger partial charge is 0.370 e. The first-order chi connectivity index (χ1) is 14.4. The van der Waals surface area contributed by atoms with E-state index in [0.29, 0.717) is 23.4 Å². The lowest BCUT2D eigenvalue weighted by molar-refractivity contribution is -0.115. The number of hydrogen-bond donors (Lipinski definition) is 2. The van der Waals surface area contributed by atoms with Crippen LogP contribution in [0.2, 0.25) is 0 Å². The number of guanidine groups is 1. The number of carbonyl (C=O) groups excluding carboxylic acids is 2. The average Bonchev–Trinajstić information content (AvgIpc) is 3.19. The smallest absolute Gasteiger partial charge is 0.231 e. The minimum absolute atomic E-state index is 0.00195. The predicted octanol–water partition coefficient (Wildman–Crippen LogP) is 3.57. The zero-order valence-corrected chi connectivity index (χ0v) is 17.0. The van der Waals surface area contributed by atoms with Crippen LogP contribution < -0.4 is 11.1 Å². The minimum atomic E-state index is -0.0835. The summed E-state index contributed by atoms with van der Waals surface area (Å²) in [5.74, 6) is 0.482. The molecule has 30 heavy (non-hydrogen) atoms. The lowest BCUT2D eigenvalue weighted by Crippen LogP contribution is -2.23. The van der Waals surface area contributed by atoms with Gasteiger partial charge in [0.15, 0.2) is 17.5 Å². The van der Waals surface area contributed by atoms with Crippen molar-refractivity contribution < 1.29 is 14.1 Å². The molecule has 0 bridgehead atoms. The summed E-state index contributed by atoms with van der Waals surface area (Å²) < 4.78 is 5.24. The molecule has 0 saturated heterocycles. The van der Waals surface area contributed by atoms with Gasteiger partial charge in [-0.1, -0.05) is 60.6 Å². The Bertz CT molecular complexity index is 1060. The molecule has 0 fully saturated rings. The summed E-state index contributed by atoms with van der Waals surface area (Å²) in [4.78, 5) is 27.6. The van der Waals surface area contributed by atoms with Crippen LogP contribution in [0.15, 0.2) is 70.2 Å². The van der Waals surface area contributed by atoms with Crippen molar-refractivity contribution in [3.63, 3.8) is 0 Å². The monoisotopic (exact) mass is 404 g/mol. The molecule has 0 radical (unpaired) electrons. The Balaban J connectivity index is 1.66. The van der Waals surface area contributed by atoms with Crippen molar-refractivity contribution in [3.05, 3.63) is 83.0 Å². The van der Waals surface area contributed by atoms with Crippen molar-refractivity contribution in [2.45, 2.75) is 26.2 Å². The highest BCUT2D eigenvalue weighted by Gasteiger charge is 2.14. The molecule has 0 spiro atoms. The maximum atomic E-state index is 12.7. The molecule has 2 aromatic carbocycles. The van der Waals surface area contributed by atoms with Crippen molar-refractivity contribution >= 4 is 23.4 Å². The SMILES string of the molecule is CC(=O)CN=C(N)Nc1cc(CC(C)c2cccc(C(=O)c3ccccc3)c2)no1. The molecule has 1 heterocycles. The minimum Gasteiger partial charge on any atom is -0.370 e. The Kier molecular flexibility index (Phi) is 6.75. The van der Waals surface area contributed by atoms with Crippen molar-refractivity contribution in [3.8, 4) is 0 Å². The summed E-state index contributed by atoms with van der Waals surface area (Å²) in [6.45, 7) is 3.51. The fourth-order valence-electron chi connectivity index (χ4n) is 3.00. The molecule has 0 aliphatic carbocycles. The van der Waals surface area contributed by atoms with Crippen LogP contribution in [0.3, 0.4) is 0 Å². The van der Waals surface area contributed by atoms with Crippen molar-refractivity contribution in [2.75, 3.05) is 11.9 Å². The van der Waals surface area contributed by atoms with E-state index in [-0.39, 0.29) is 30.0 Å². The molecule has 0 saturated carbocycles. The number of aromatic nitrogens is 1. The zero-order valence-electron chi connectivity index (χ0n) is 17.0. The number of benzene rings is 2. The summed E-state index contributed by atoms with van der Waals surface area (Å²) in [5.41, 5.74) is 8.81. The number of hydrogen-bond acceptors (Lipinski definition) is 5. The maximum absolute atomic E-state index is 12.7. The number of nitrogens with zero attached hydrogens (tertiary/aromatic N) is 2. The van der Waals surface area contributed by atoms with Crippen LogP contribution >= 0.6 is 0 Å². The van der Waals surface area contributed by atoms with Gasteiger partial charge in [-0.3, -0.25) is 14.9 Å². The van der Waals surface area contributed by atoms with Crippen molar-refractivity contribution in [2.24, 2.45) is 10.7 Å². The number of aliphatic imine (C=N–C) groups is 1. The van der Waals surface area contributed by atoms with E-state index in [1.165, 1.54) is 6.92 Å². The van der Waals surface area contributed by atoms with Crippen LogP contribution in [0.5, 0.6) is 0 Å². The molecule has 1 atom stereocenters. The number of nitrogens with two attached hydrogens (primary N) is 1. The standard InChI is InChI=1S/C23H24N4O3/c1-15(11-20-13-21(30-27-20)26-23(24)25-14-16(2)28)18-9-6-10-19(12-18)22(29)17-7-4-3-5-8-17/h3-10,12-13,15H,11,14H2,1-2H3,(H3,24,25,26). The van der Waals surface area contributed by atoms with Gasteiger partial charge in [-0.2, -0.15) is 0 Å². The second-order valence-electron chi connectivity index (χ2n) is 7.14. The highest BCUT2D eigenvalue weighted by molar-refractivity contribution is 6.09. The van der Waals surface area contributed by atoms with E-state index in [2.05, 4.69) is 22.4 Å². The van der Waals surface area contributed by atoms with E-state index >= 15 is 0 Å². The number of Topliss-reactive ketones (excluding diaryl/α,β-unsaturated/α-hetero) is 1. The number of anilines is 1. The highest BCUT2D eigenvalue weighted by Crippen LogP contribution is 2.23. The van der Waals surface area contributed by atoms with Gasteiger partial charge in [0.05, 0.1) is 5.69 Å². The topological polar surface area (TPSA) is 111 Å². The maximum Gasteiger partial charge on any atom is 0.231 e. The van der Waals surface area contributed by atoms with E-state index in [1.54, 1.807) is 6.07 Å². The number of rotatable bonds is 8. The number of nitrogens with one attached hydrogen (secondary N) is 1. The molecule has 1 aromatic heterocycles. The molecule has 3 N–H and O–H groups in total. The Labute approximate surface area is 175 Å². The first-order valence-electron chi connectivity index (χ1n) is 9.64. The molecule has 154 valence electrons. The van der Waals surface area contributed by atoms with Crippen molar-refractivity contribution in [1.82, 2.24) is 5.16 Å². The Morgan fingerprint density at radius 2 is 1.83 bits per heavy atom. The highest BCUT2D eigenvalue weighted by atomic mass is 16.5. The average molecular weight is 404 g/mol. The molecular formula is C23H24N4O3. The summed E-state index contributed by atoms with van der Waals surface area (Å²) in [6, 6.07) is 18.6. The lowest BCUT2D eigenvalue weighted by Gasteiger charge is -2.11. The van der Waals surface area contributed by atoms with Crippen LogP contribution in [-0.2, 0) is 11.2 Å². The van der Waals surface area contributed by atoms with Gasteiger partial charge < -0.3 is 10.3 Å². The van der Waals surface area contributed by atoms with Gasteiger partial charge in [0.25, 0.3) is 0 Å². The third-order valence-electron chi connectivity index (χ3n) is 4.55. The fraction of sp³-hybridized carbons (Fsp3) is 0.217. The zero-order chi connectivity index (χ0) is 21.5. The van der Waals surface area contributed by atoms with Crippen LogP contribution in [0.4, 0.5) is 5.88 Å². The molecule has 3 rings (SSSR count). The fourth-order valence-corrected chi connectivity index (χ4v) is 3.00. The van der Waals surface area contributed by atoms with E-state index < -0.39 is 0 Å². The van der Waals surface area contributed by atoms with Gasteiger partial charge in [-0.05, 0) is 30.9 Å². The molecule has 0 aliphatic rings. The van der Waals surface area contributed by atoms with Crippen LogP contribution in [0.1, 0.15) is 46.9 Å². The molecule has 7 nitrogen and oxygen atoms in total. The first kappa shape index (κ1) is 21.0. The van der Waals surface area contributed by atoms with Gasteiger partial charge in [0, 0.05) is 17.2 Å². The second-order valence-corrected chi connectivity index (χ2v) is 7.14. The normalized spacial score (nSPS) is 12.4. The Morgan fingerprint density at radius 1 is 1.10 bits per heavy atom. The third-order valence-corrected chi connectivity index (χ3v) is 4.55. The van der Waals surface area contributed by atoms with Gasteiger partial charge in [-0.15, -0.1) is 0 Å². The first-order valence-corrected chi connectivity index (χ1v) is 9.64. The van der Waals surface area contributed by atoms with Crippen LogP contribution in [0, 0.1) is 0 Å². The second kappa shape index (κ2) is 9.65. The summed E-state index contributed by atoms with van der Waals surface area (Å²) in [5, 5.41) is 6.83. The quantitative estimate of drug-likeness (QED) is 0.337. The van der Waals surface area contributed by atoms with Gasteiger partial charge in [0.1, 0.15) is 6.54 Å². The number of carbonyl (C=O) groups is 2. The lowest BCUT2D eigenvalue weighted by atomic mass is 9.93.